The van der Waals surface area contributed by atoms with Crippen molar-refractivity contribution in [2.24, 2.45) is 29.2 Å². The van der Waals surface area contributed by atoms with Crippen LogP contribution in [0.1, 0.15) is 21.0 Å². The second-order valence-corrected chi connectivity index (χ2v) is 14.2. The van der Waals surface area contributed by atoms with Gasteiger partial charge >= 0.3 is 11.9 Å². The predicted octanol–water partition coefficient (Wildman–Crippen LogP) is -1.96. The predicted molar refractivity (Wildman–Crippen MR) is 161 cm³/mol. The van der Waals surface area contributed by atoms with E-state index in [-0.39, 0.29) is 30.9 Å². The number of nitrogens with zero attached hydrogens (tertiary/aromatic N) is 1. The fraction of sp³-hybridized carbons (Fsp3) is 0.455. The second-order valence-electron chi connectivity index (χ2n) is 10.4. The SMILES string of the molecule is NC1=[NH+]C2[N+]3=C(N)N[C@@H](O)[C@@]34[C@H]([C@H](CNC(=O)c3cc(Br)c(Br)[nH]3)[C@@H](CNC(=O)c3cc(Br)c(Br)[nH]3)[C@@H]4Cl)C2(O)N1. The van der Waals surface area contributed by atoms with E-state index in [4.69, 9.17) is 23.1 Å². The van der Waals surface area contributed by atoms with Gasteiger partial charge in [-0.2, -0.15) is 0 Å². The number of halogens is 5. The molecule has 0 aromatic carbocycles. The third-order valence-electron chi connectivity index (χ3n) is 8.41. The number of amides is 2. The van der Waals surface area contributed by atoms with Crippen molar-refractivity contribution >= 4 is 99.1 Å². The lowest BCUT2D eigenvalue weighted by Gasteiger charge is -2.33. The van der Waals surface area contributed by atoms with Gasteiger partial charge in [-0.15, -0.1) is 11.6 Å². The number of guanidine groups is 2. The number of hydrogen-bond donors (Lipinski definition) is 11. The van der Waals surface area contributed by atoms with E-state index in [0.717, 1.165) is 0 Å². The first-order valence-electron chi connectivity index (χ1n) is 12.3. The molecule has 2 unspecified atom stereocenters. The number of nitrogens with one attached hydrogen (secondary N) is 7. The molecular formula is C22H25Br4ClN10O4+2. The van der Waals surface area contributed by atoms with Gasteiger partial charge in [-0.3, -0.25) is 21.1 Å². The number of alkyl halides is 1. The maximum absolute atomic E-state index is 13.1. The number of nitrogens with two attached hydrogens (primary N) is 2. The first-order chi connectivity index (χ1) is 19.3. The number of fused-ring (bicyclic) bond motifs is 3. The van der Waals surface area contributed by atoms with Crippen molar-refractivity contribution in [3.05, 3.63) is 41.7 Å². The summed E-state index contributed by atoms with van der Waals surface area (Å²) in [6.07, 6.45) is -2.14. The lowest BCUT2D eigenvalue weighted by atomic mass is 9.77. The molecule has 3 aliphatic heterocycles. The van der Waals surface area contributed by atoms with Crippen LogP contribution in [0.4, 0.5) is 0 Å². The lowest BCUT2D eigenvalue weighted by Crippen LogP contribution is -2.84. The fourth-order valence-electron chi connectivity index (χ4n) is 6.91. The van der Waals surface area contributed by atoms with Crippen molar-refractivity contribution < 1.29 is 29.4 Å². The van der Waals surface area contributed by atoms with Crippen molar-refractivity contribution in [3.63, 3.8) is 0 Å². The van der Waals surface area contributed by atoms with E-state index < -0.39 is 52.7 Å². The van der Waals surface area contributed by atoms with Crippen molar-refractivity contribution in [1.29, 1.82) is 0 Å². The zero-order chi connectivity index (χ0) is 29.6. The van der Waals surface area contributed by atoms with E-state index in [9.17, 15) is 19.8 Å². The van der Waals surface area contributed by atoms with Gasteiger partial charge < -0.3 is 30.8 Å². The Morgan fingerprint density at radius 1 is 1.02 bits per heavy atom. The minimum atomic E-state index is -1.73. The molecular weight excluding hydrogens is 823 g/mol. The Labute approximate surface area is 271 Å². The molecule has 2 aromatic heterocycles. The molecule has 6 rings (SSSR count). The average molecular weight is 849 g/mol. The number of carbonyl (C=O) groups excluding carboxylic acids is 2. The number of hydrogen-bond acceptors (Lipinski definition) is 8. The zero-order valence-electron chi connectivity index (χ0n) is 20.7. The molecule has 0 bridgehead atoms. The minimum Gasteiger partial charge on any atom is -0.358 e. The second kappa shape index (κ2) is 10.1. The summed E-state index contributed by atoms with van der Waals surface area (Å²) in [5, 5.41) is 34.3. The third kappa shape index (κ3) is 4.19. The summed E-state index contributed by atoms with van der Waals surface area (Å²) in [4.78, 5) is 35.1. The molecule has 4 aliphatic rings. The lowest BCUT2D eigenvalue weighted by molar-refractivity contribution is -0.779. The molecule has 2 amide bonds. The number of aliphatic hydroxyl groups is 2. The molecule has 0 radical (unpaired) electrons. The van der Waals surface area contributed by atoms with Gasteiger partial charge in [-0.05, 0) is 81.8 Å². The molecule has 1 aliphatic carbocycles. The van der Waals surface area contributed by atoms with Gasteiger partial charge in [0, 0.05) is 19.0 Å². The maximum atomic E-state index is 13.1. The van der Waals surface area contributed by atoms with Crippen LogP contribution in [0.2, 0.25) is 0 Å². The van der Waals surface area contributed by atoms with Crippen LogP contribution in [0, 0.1) is 17.8 Å². The smallest absolute Gasteiger partial charge is 0.349 e. The highest BCUT2D eigenvalue weighted by Gasteiger charge is 2.85. The summed E-state index contributed by atoms with van der Waals surface area (Å²) in [7, 11) is 0. The summed E-state index contributed by atoms with van der Waals surface area (Å²) in [6.45, 7) is 0.105. The van der Waals surface area contributed by atoms with E-state index in [1.54, 1.807) is 16.7 Å². The zero-order valence-corrected chi connectivity index (χ0v) is 27.8. The Balaban J connectivity index is 1.36. The van der Waals surface area contributed by atoms with E-state index in [0.29, 0.717) is 29.5 Å². The molecule has 1 saturated heterocycles. The molecule has 41 heavy (non-hydrogen) atoms. The van der Waals surface area contributed by atoms with Crippen LogP contribution in [0.3, 0.4) is 0 Å². The van der Waals surface area contributed by atoms with Crippen LogP contribution >= 0.6 is 75.3 Å². The highest BCUT2D eigenvalue weighted by Crippen LogP contribution is 2.59. The summed E-state index contributed by atoms with van der Waals surface area (Å²) >= 11 is 20.6. The first kappa shape index (κ1) is 29.3. The molecule has 8 atom stereocenters. The molecule has 14 nitrogen and oxygen atoms in total. The van der Waals surface area contributed by atoms with Crippen LogP contribution in [0.25, 0.3) is 0 Å². The number of aliphatic hydroxyl groups excluding tert-OH is 1. The summed E-state index contributed by atoms with van der Waals surface area (Å²) in [5.41, 5.74) is 9.93. The normalized spacial score (nSPS) is 35.0. The highest BCUT2D eigenvalue weighted by molar-refractivity contribution is 9.13. The van der Waals surface area contributed by atoms with Crippen LogP contribution in [-0.4, -0.2) is 90.6 Å². The minimum absolute atomic E-state index is 0.0416. The van der Waals surface area contributed by atoms with Crippen molar-refractivity contribution in [2.45, 2.75) is 29.0 Å². The largest absolute Gasteiger partial charge is 0.358 e. The van der Waals surface area contributed by atoms with Gasteiger partial charge in [-0.1, -0.05) is 0 Å². The monoisotopic (exact) mass is 844 g/mol. The molecule has 2 fully saturated rings. The molecule has 220 valence electrons. The van der Waals surface area contributed by atoms with Crippen molar-refractivity contribution in [3.8, 4) is 0 Å². The highest BCUT2D eigenvalue weighted by atomic mass is 79.9. The van der Waals surface area contributed by atoms with E-state index >= 15 is 0 Å². The summed E-state index contributed by atoms with van der Waals surface area (Å²) in [5.74, 6) is -2.51. The average Bonchev–Trinajstić information content (AvgIpc) is 3.67. The fourth-order valence-corrected chi connectivity index (χ4v) is 8.86. The third-order valence-corrected chi connectivity index (χ3v) is 12.6. The van der Waals surface area contributed by atoms with Crippen LogP contribution in [0.5, 0.6) is 0 Å². The number of carbonyl (C=O) groups is 2. The van der Waals surface area contributed by atoms with Gasteiger partial charge in [0.15, 0.2) is 5.54 Å². The Hall–Kier alpha value is -1.83. The molecule has 1 saturated carbocycles. The molecule has 2 aromatic rings. The topological polar surface area (TPSA) is 223 Å². The van der Waals surface area contributed by atoms with Gasteiger partial charge in [0.05, 0.1) is 29.4 Å². The molecule has 5 heterocycles. The van der Waals surface area contributed by atoms with E-state index in [1.807, 2.05) is 0 Å². The van der Waals surface area contributed by atoms with Crippen LogP contribution in [0.15, 0.2) is 30.3 Å². The van der Waals surface area contributed by atoms with Crippen LogP contribution in [-0.2, 0) is 0 Å². The van der Waals surface area contributed by atoms with Gasteiger partial charge in [0.2, 0.25) is 6.23 Å². The molecule has 1 spiro atoms. The standard InChI is InChI=1S/C22H23Br4ClN10O4/c23-7-1-9(32-13(7)25)15(38)30-3-5-6(4-31-16(39)10-2-8(24)14(26)33-10)12(27)21-11(5)22(41)17(34-19(28)36-22)37(21)20(29)35-18(21)40/h1-2,5-6,11-12,17-18,40-41H,3-4H2,(H9,28,29,30,31,32,33,34,35,36,38,39)/p+2/t5-,6-,11+,12+,17?,18+,21+,22?/m1/s1. The Morgan fingerprint density at radius 3 is 2.07 bits per heavy atom. The van der Waals surface area contributed by atoms with Gasteiger partial charge in [0.25, 0.3) is 23.7 Å². The summed E-state index contributed by atoms with van der Waals surface area (Å²) < 4.78 is 4.20. The van der Waals surface area contributed by atoms with Gasteiger partial charge in [-0.25, -0.2) is 20.2 Å². The number of H-pyrrole nitrogens is 2. The van der Waals surface area contributed by atoms with Crippen molar-refractivity contribution in [2.75, 3.05) is 13.1 Å². The molecule has 19 heteroatoms. The van der Waals surface area contributed by atoms with E-state index in [1.165, 1.54) is 0 Å². The first-order valence-corrected chi connectivity index (χ1v) is 16.0. The Morgan fingerprint density at radius 2 is 1.56 bits per heavy atom. The number of aromatic amines is 2. The van der Waals surface area contributed by atoms with Gasteiger partial charge in [0.1, 0.15) is 11.4 Å². The Kier molecular flexibility index (Phi) is 7.22. The quantitative estimate of drug-likeness (QED) is 0.116. The number of rotatable bonds is 6. The number of aromatic nitrogens is 2. The van der Waals surface area contributed by atoms with Crippen molar-refractivity contribution in [1.82, 2.24) is 31.2 Å². The summed E-state index contributed by atoms with van der Waals surface area (Å²) in [6, 6.07) is 3.26. The maximum Gasteiger partial charge on any atom is 0.349 e. The Bertz CT molecular complexity index is 1490. The van der Waals surface area contributed by atoms with E-state index in [2.05, 4.69) is 99.9 Å². The molecule has 13 N–H and O–H groups in total. The van der Waals surface area contributed by atoms with Crippen LogP contribution < -0.4 is 37.7 Å².